The standard InChI is InChI=1S/C17H27FN2O/c1-5-9-19-13(2)14-7-6-8-15(18)16(14)20-10-11-21-17(3,4)12-20/h6-8,13,19H,5,9-12H2,1-4H3. The highest BCUT2D eigenvalue weighted by molar-refractivity contribution is 5.56. The summed E-state index contributed by atoms with van der Waals surface area (Å²) in [6, 6.07) is 5.51. The summed E-state index contributed by atoms with van der Waals surface area (Å²) in [4.78, 5) is 2.12. The average molecular weight is 294 g/mol. The number of benzene rings is 1. The van der Waals surface area contributed by atoms with Gasteiger partial charge in [0.2, 0.25) is 0 Å². The Balaban J connectivity index is 2.29. The van der Waals surface area contributed by atoms with Crippen molar-refractivity contribution in [2.75, 3.05) is 31.1 Å². The van der Waals surface area contributed by atoms with Gasteiger partial charge in [-0.25, -0.2) is 4.39 Å². The van der Waals surface area contributed by atoms with Gasteiger partial charge in [0.25, 0.3) is 0 Å². The zero-order valence-corrected chi connectivity index (χ0v) is 13.6. The van der Waals surface area contributed by atoms with Crippen LogP contribution in [0.1, 0.15) is 45.7 Å². The fourth-order valence-corrected chi connectivity index (χ4v) is 2.89. The maximum Gasteiger partial charge on any atom is 0.146 e. The number of anilines is 1. The molecule has 0 radical (unpaired) electrons. The van der Waals surface area contributed by atoms with Crippen LogP contribution in [0.2, 0.25) is 0 Å². The van der Waals surface area contributed by atoms with Crippen LogP contribution in [0.5, 0.6) is 0 Å². The molecule has 1 atom stereocenters. The Morgan fingerprint density at radius 3 is 2.86 bits per heavy atom. The molecule has 1 unspecified atom stereocenters. The molecule has 0 aliphatic carbocycles. The molecule has 0 aromatic heterocycles. The molecular weight excluding hydrogens is 267 g/mol. The molecule has 2 rings (SSSR count). The Hall–Kier alpha value is -1.13. The Morgan fingerprint density at radius 2 is 2.19 bits per heavy atom. The summed E-state index contributed by atoms with van der Waals surface area (Å²) in [5, 5.41) is 3.45. The van der Waals surface area contributed by atoms with E-state index in [2.05, 4.69) is 37.9 Å². The highest BCUT2D eigenvalue weighted by Gasteiger charge is 2.30. The van der Waals surface area contributed by atoms with Crippen LogP contribution in [0.25, 0.3) is 0 Å². The SMILES string of the molecule is CCCNC(C)c1cccc(F)c1N1CCOC(C)(C)C1. The lowest BCUT2D eigenvalue weighted by Crippen LogP contribution is -2.49. The summed E-state index contributed by atoms with van der Waals surface area (Å²) >= 11 is 0. The molecule has 3 nitrogen and oxygen atoms in total. The van der Waals surface area contributed by atoms with Crippen molar-refractivity contribution in [3.63, 3.8) is 0 Å². The van der Waals surface area contributed by atoms with Gasteiger partial charge in [0.1, 0.15) is 5.82 Å². The van der Waals surface area contributed by atoms with E-state index in [1.165, 1.54) is 0 Å². The molecule has 118 valence electrons. The minimum absolute atomic E-state index is 0.140. The van der Waals surface area contributed by atoms with Gasteiger partial charge in [-0.1, -0.05) is 19.1 Å². The fourth-order valence-electron chi connectivity index (χ4n) is 2.89. The molecule has 1 heterocycles. The van der Waals surface area contributed by atoms with Crippen LogP contribution >= 0.6 is 0 Å². The zero-order chi connectivity index (χ0) is 15.5. The number of hydrogen-bond acceptors (Lipinski definition) is 3. The molecule has 21 heavy (non-hydrogen) atoms. The van der Waals surface area contributed by atoms with Gasteiger partial charge >= 0.3 is 0 Å². The highest BCUT2D eigenvalue weighted by Crippen LogP contribution is 2.32. The van der Waals surface area contributed by atoms with E-state index in [1.54, 1.807) is 12.1 Å². The lowest BCUT2D eigenvalue weighted by atomic mass is 10.0. The smallest absolute Gasteiger partial charge is 0.146 e. The van der Waals surface area contributed by atoms with Gasteiger partial charge in [0.05, 0.1) is 17.9 Å². The van der Waals surface area contributed by atoms with Gasteiger partial charge in [-0.05, 0) is 45.4 Å². The number of hydrogen-bond donors (Lipinski definition) is 1. The molecule has 1 saturated heterocycles. The third-order valence-corrected chi connectivity index (χ3v) is 3.93. The molecule has 0 bridgehead atoms. The molecule has 1 aliphatic heterocycles. The van der Waals surface area contributed by atoms with Crippen LogP contribution in [0, 0.1) is 5.82 Å². The Kier molecular flexibility index (Phi) is 5.22. The molecule has 1 N–H and O–H groups in total. The predicted molar refractivity (Wildman–Crippen MR) is 85.4 cm³/mol. The second-order valence-corrected chi connectivity index (χ2v) is 6.38. The summed E-state index contributed by atoms with van der Waals surface area (Å²) in [5.74, 6) is -0.143. The van der Waals surface area contributed by atoms with E-state index in [9.17, 15) is 4.39 Å². The minimum Gasteiger partial charge on any atom is -0.372 e. The lowest BCUT2D eigenvalue weighted by molar-refractivity contribution is -0.0279. The molecule has 0 saturated carbocycles. The summed E-state index contributed by atoms with van der Waals surface area (Å²) in [5.41, 5.74) is 1.52. The number of para-hydroxylation sites is 1. The van der Waals surface area contributed by atoms with Crippen molar-refractivity contribution in [3.05, 3.63) is 29.6 Å². The Bertz CT molecular complexity index is 476. The van der Waals surface area contributed by atoms with Crippen molar-refractivity contribution >= 4 is 5.69 Å². The largest absolute Gasteiger partial charge is 0.372 e. The minimum atomic E-state index is -0.238. The molecule has 4 heteroatoms. The van der Waals surface area contributed by atoms with E-state index in [0.717, 1.165) is 30.8 Å². The first-order valence-electron chi connectivity index (χ1n) is 7.85. The second-order valence-electron chi connectivity index (χ2n) is 6.38. The summed E-state index contributed by atoms with van der Waals surface area (Å²) in [6.45, 7) is 11.4. The lowest BCUT2D eigenvalue weighted by Gasteiger charge is -2.40. The van der Waals surface area contributed by atoms with Crippen LogP contribution in [-0.4, -0.2) is 31.8 Å². The molecule has 1 aromatic rings. The zero-order valence-electron chi connectivity index (χ0n) is 13.6. The fraction of sp³-hybridized carbons (Fsp3) is 0.647. The van der Waals surface area contributed by atoms with E-state index in [-0.39, 0.29) is 17.5 Å². The first-order chi connectivity index (χ1) is 9.94. The van der Waals surface area contributed by atoms with Crippen molar-refractivity contribution < 1.29 is 9.13 Å². The third-order valence-electron chi connectivity index (χ3n) is 3.93. The van der Waals surface area contributed by atoms with Gasteiger partial charge in [-0.3, -0.25) is 0 Å². The van der Waals surface area contributed by atoms with E-state index in [1.807, 2.05) is 6.07 Å². The number of nitrogens with one attached hydrogen (secondary N) is 1. The molecular formula is C17H27FN2O. The second kappa shape index (κ2) is 6.75. The average Bonchev–Trinajstić information content (AvgIpc) is 2.43. The van der Waals surface area contributed by atoms with Crippen molar-refractivity contribution in [3.8, 4) is 0 Å². The maximum atomic E-state index is 14.5. The van der Waals surface area contributed by atoms with Crippen molar-refractivity contribution in [1.29, 1.82) is 0 Å². The van der Waals surface area contributed by atoms with Crippen molar-refractivity contribution in [1.82, 2.24) is 5.32 Å². The van der Waals surface area contributed by atoms with Crippen LogP contribution < -0.4 is 10.2 Å². The van der Waals surface area contributed by atoms with Crippen LogP contribution in [-0.2, 0) is 4.74 Å². The van der Waals surface area contributed by atoms with Gasteiger partial charge in [-0.15, -0.1) is 0 Å². The van der Waals surface area contributed by atoms with Crippen LogP contribution in [0.4, 0.5) is 10.1 Å². The topological polar surface area (TPSA) is 24.5 Å². The molecule has 0 spiro atoms. The third kappa shape index (κ3) is 3.95. The highest BCUT2D eigenvalue weighted by atomic mass is 19.1. The summed E-state index contributed by atoms with van der Waals surface area (Å²) in [6.07, 6.45) is 1.07. The van der Waals surface area contributed by atoms with Gasteiger partial charge in [0.15, 0.2) is 0 Å². The molecule has 1 aliphatic rings. The number of halogens is 1. The predicted octanol–water partition coefficient (Wildman–Crippen LogP) is 3.50. The van der Waals surface area contributed by atoms with Crippen molar-refractivity contribution in [2.24, 2.45) is 0 Å². The monoisotopic (exact) mass is 294 g/mol. The number of nitrogens with zero attached hydrogens (tertiary/aromatic N) is 1. The Labute approximate surface area is 127 Å². The van der Waals surface area contributed by atoms with Gasteiger partial charge in [-0.2, -0.15) is 0 Å². The summed E-state index contributed by atoms with van der Waals surface area (Å²) < 4.78 is 20.2. The first-order valence-corrected chi connectivity index (χ1v) is 7.85. The van der Waals surface area contributed by atoms with E-state index >= 15 is 0 Å². The van der Waals surface area contributed by atoms with E-state index < -0.39 is 0 Å². The van der Waals surface area contributed by atoms with E-state index in [4.69, 9.17) is 4.74 Å². The van der Waals surface area contributed by atoms with Gasteiger partial charge < -0.3 is 15.0 Å². The summed E-state index contributed by atoms with van der Waals surface area (Å²) in [7, 11) is 0. The molecule has 0 amide bonds. The van der Waals surface area contributed by atoms with E-state index in [0.29, 0.717) is 13.2 Å². The quantitative estimate of drug-likeness (QED) is 0.899. The normalized spacial score (nSPS) is 19.6. The number of ether oxygens (including phenoxy) is 1. The molecule has 1 fully saturated rings. The number of morpholine rings is 1. The van der Waals surface area contributed by atoms with Gasteiger partial charge in [0, 0.05) is 19.1 Å². The van der Waals surface area contributed by atoms with Crippen LogP contribution in [0.3, 0.4) is 0 Å². The van der Waals surface area contributed by atoms with Crippen molar-refractivity contribution in [2.45, 2.75) is 45.8 Å². The molecule has 1 aromatic carbocycles. The maximum absolute atomic E-state index is 14.5. The van der Waals surface area contributed by atoms with Crippen LogP contribution in [0.15, 0.2) is 18.2 Å². The number of rotatable bonds is 5. The Morgan fingerprint density at radius 1 is 1.43 bits per heavy atom. The first kappa shape index (κ1) is 16.2.